The molecule has 1 aliphatic heterocycles. The number of benzene rings is 2. The molecule has 0 spiro atoms. The summed E-state index contributed by atoms with van der Waals surface area (Å²) in [6.45, 7) is 4.63. The largest absolute Gasteiger partial charge is 0.462 e. The Morgan fingerprint density at radius 2 is 1.48 bits per heavy atom. The second kappa shape index (κ2) is 7.55. The fourth-order valence-electron chi connectivity index (χ4n) is 5.30. The average Bonchev–Trinajstić information content (AvgIpc) is 3.47. The molecule has 5 rings (SSSR count). The van der Waals surface area contributed by atoms with E-state index in [4.69, 9.17) is 4.74 Å². The number of hydrogen-bond acceptors (Lipinski definition) is 3. The van der Waals surface area contributed by atoms with Crippen molar-refractivity contribution >= 4 is 23.8 Å². The van der Waals surface area contributed by atoms with Gasteiger partial charge in [0.1, 0.15) is 0 Å². The highest BCUT2D eigenvalue weighted by Crippen LogP contribution is 2.51. The first kappa shape index (κ1) is 18.2. The molecule has 3 nitrogen and oxygen atoms in total. The highest BCUT2D eigenvalue weighted by Gasteiger charge is 2.49. The summed E-state index contributed by atoms with van der Waals surface area (Å²) in [4.78, 5) is 14.3. The smallest absolute Gasteiger partial charge is 0.338 e. The quantitative estimate of drug-likeness (QED) is 0.398. The summed E-state index contributed by atoms with van der Waals surface area (Å²) in [7, 11) is 0. The van der Waals surface area contributed by atoms with Gasteiger partial charge in [-0.1, -0.05) is 48.6 Å². The van der Waals surface area contributed by atoms with E-state index in [1.54, 1.807) is 0 Å². The SMILES string of the molecule is CCOC(=O)c1ccc(/C=C/c2ccc(N3CC4C5C=CC(C5)C4C3)cc2)cc1. The van der Waals surface area contributed by atoms with Gasteiger partial charge in [-0.05, 0) is 72.4 Å². The molecule has 2 aliphatic carbocycles. The van der Waals surface area contributed by atoms with E-state index in [-0.39, 0.29) is 5.97 Å². The third kappa shape index (κ3) is 3.50. The average molecular weight is 386 g/mol. The Morgan fingerprint density at radius 3 is 2.03 bits per heavy atom. The van der Waals surface area contributed by atoms with Gasteiger partial charge in [-0.25, -0.2) is 4.79 Å². The first-order chi connectivity index (χ1) is 14.2. The zero-order valence-corrected chi connectivity index (χ0v) is 16.8. The number of allylic oxidation sites excluding steroid dienone is 2. The Hall–Kier alpha value is -2.81. The third-order valence-electron chi connectivity index (χ3n) is 6.81. The number of nitrogens with zero attached hydrogens (tertiary/aromatic N) is 1. The second-order valence-electron chi connectivity index (χ2n) is 8.45. The Labute approximate surface area is 172 Å². The topological polar surface area (TPSA) is 29.5 Å². The summed E-state index contributed by atoms with van der Waals surface area (Å²) in [5.41, 5.74) is 4.18. The zero-order chi connectivity index (χ0) is 19.8. The van der Waals surface area contributed by atoms with Crippen molar-refractivity contribution in [3.63, 3.8) is 0 Å². The summed E-state index contributed by atoms with van der Waals surface area (Å²) in [6, 6.07) is 16.4. The number of carbonyl (C=O) groups excluding carboxylic acids is 1. The highest BCUT2D eigenvalue weighted by molar-refractivity contribution is 5.89. The summed E-state index contributed by atoms with van der Waals surface area (Å²) < 4.78 is 5.03. The van der Waals surface area contributed by atoms with Gasteiger partial charge in [0, 0.05) is 18.8 Å². The number of fused-ring (bicyclic) bond motifs is 5. The molecule has 0 N–H and O–H groups in total. The molecule has 0 amide bonds. The minimum Gasteiger partial charge on any atom is -0.462 e. The van der Waals surface area contributed by atoms with Gasteiger partial charge in [-0.2, -0.15) is 0 Å². The molecule has 29 heavy (non-hydrogen) atoms. The van der Waals surface area contributed by atoms with Crippen molar-refractivity contribution < 1.29 is 9.53 Å². The Bertz CT molecular complexity index is 922. The van der Waals surface area contributed by atoms with Crippen molar-refractivity contribution in [2.45, 2.75) is 13.3 Å². The van der Waals surface area contributed by atoms with Crippen LogP contribution in [0.1, 0.15) is 34.8 Å². The van der Waals surface area contributed by atoms with Crippen LogP contribution in [0.4, 0.5) is 5.69 Å². The lowest BCUT2D eigenvalue weighted by Gasteiger charge is -2.20. The summed E-state index contributed by atoms with van der Waals surface area (Å²) in [6.07, 6.45) is 10.5. The van der Waals surface area contributed by atoms with Crippen molar-refractivity contribution in [2.24, 2.45) is 23.7 Å². The molecular formula is C26H27NO2. The molecule has 1 saturated heterocycles. The lowest BCUT2D eigenvalue weighted by atomic mass is 9.86. The monoisotopic (exact) mass is 385 g/mol. The molecule has 1 saturated carbocycles. The number of hydrogen-bond donors (Lipinski definition) is 0. The minimum atomic E-state index is -0.270. The zero-order valence-electron chi connectivity index (χ0n) is 16.8. The maximum absolute atomic E-state index is 11.7. The van der Waals surface area contributed by atoms with Crippen molar-refractivity contribution in [1.29, 1.82) is 0 Å². The molecule has 2 bridgehead atoms. The minimum absolute atomic E-state index is 0.270. The second-order valence-corrected chi connectivity index (χ2v) is 8.45. The van der Waals surface area contributed by atoms with Gasteiger partial charge in [0.2, 0.25) is 0 Å². The predicted octanol–water partition coefficient (Wildman–Crippen LogP) is 5.29. The van der Waals surface area contributed by atoms with Gasteiger partial charge in [0.05, 0.1) is 12.2 Å². The fraction of sp³-hybridized carbons (Fsp3) is 0.346. The van der Waals surface area contributed by atoms with Gasteiger partial charge in [0.25, 0.3) is 0 Å². The van der Waals surface area contributed by atoms with Crippen molar-refractivity contribution in [3.8, 4) is 0 Å². The van der Waals surface area contributed by atoms with Crippen LogP contribution < -0.4 is 4.90 Å². The first-order valence-electron chi connectivity index (χ1n) is 10.7. The number of rotatable bonds is 5. The maximum Gasteiger partial charge on any atom is 0.338 e. The van der Waals surface area contributed by atoms with E-state index in [1.165, 1.54) is 30.8 Å². The van der Waals surface area contributed by atoms with Gasteiger partial charge >= 0.3 is 5.97 Å². The van der Waals surface area contributed by atoms with Crippen LogP contribution in [0.25, 0.3) is 12.2 Å². The van der Waals surface area contributed by atoms with Gasteiger partial charge < -0.3 is 9.64 Å². The van der Waals surface area contributed by atoms with Crippen LogP contribution in [0.2, 0.25) is 0 Å². The van der Waals surface area contributed by atoms with Crippen LogP contribution in [0.3, 0.4) is 0 Å². The lowest BCUT2D eigenvalue weighted by molar-refractivity contribution is 0.0526. The summed E-state index contributed by atoms with van der Waals surface area (Å²) >= 11 is 0. The Morgan fingerprint density at radius 1 is 0.931 bits per heavy atom. The van der Waals surface area contributed by atoms with E-state index in [2.05, 4.69) is 53.5 Å². The molecule has 0 aromatic heterocycles. The molecule has 0 radical (unpaired) electrons. The predicted molar refractivity (Wildman–Crippen MR) is 118 cm³/mol. The van der Waals surface area contributed by atoms with Crippen LogP contribution >= 0.6 is 0 Å². The summed E-state index contributed by atoms with van der Waals surface area (Å²) in [5.74, 6) is 3.11. The Balaban J connectivity index is 1.21. The highest BCUT2D eigenvalue weighted by atomic mass is 16.5. The van der Waals surface area contributed by atoms with Gasteiger partial charge in [-0.15, -0.1) is 0 Å². The number of ether oxygens (including phenoxy) is 1. The maximum atomic E-state index is 11.7. The summed E-state index contributed by atoms with van der Waals surface area (Å²) in [5, 5.41) is 0. The first-order valence-corrected chi connectivity index (χ1v) is 10.7. The van der Waals surface area contributed by atoms with E-state index in [0.29, 0.717) is 12.2 Å². The molecule has 2 fully saturated rings. The third-order valence-corrected chi connectivity index (χ3v) is 6.81. The van der Waals surface area contributed by atoms with Gasteiger partial charge in [0.15, 0.2) is 0 Å². The van der Waals surface area contributed by atoms with Crippen molar-refractivity contribution in [3.05, 3.63) is 77.4 Å². The molecule has 4 unspecified atom stereocenters. The van der Waals surface area contributed by atoms with Crippen molar-refractivity contribution in [2.75, 3.05) is 24.6 Å². The van der Waals surface area contributed by atoms with Gasteiger partial charge in [-0.3, -0.25) is 0 Å². The lowest BCUT2D eigenvalue weighted by Crippen LogP contribution is -2.22. The molecule has 2 aromatic carbocycles. The molecule has 3 heteroatoms. The van der Waals surface area contributed by atoms with E-state index in [0.717, 1.165) is 29.2 Å². The van der Waals surface area contributed by atoms with E-state index >= 15 is 0 Å². The number of anilines is 1. The fourth-order valence-corrected chi connectivity index (χ4v) is 5.30. The van der Waals surface area contributed by atoms with E-state index < -0.39 is 0 Å². The number of carbonyl (C=O) groups is 1. The molecule has 1 heterocycles. The van der Waals surface area contributed by atoms with Crippen LogP contribution in [0, 0.1) is 23.7 Å². The van der Waals surface area contributed by atoms with Crippen LogP contribution in [-0.2, 0) is 4.74 Å². The molecular weight excluding hydrogens is 358 g/mol. The normalized spacial score (nSPS) is 27.0. The van der Waals surface area contributed by atoms with Crippen LogP contribution in [-0.4, -0.2) is 25.7 Å². The molecule has 2 aromatic rings. The molecule has 3 aliphatic rings. The van der Waals surface area contributed by atoms with Crippen LogP contribution in [0.15, 0.2) is 60.7 Å². The number of esters is 1. The Kier molecular flexibility index (Phi) is 4.75. The van der Waals surface area contributed by atoms with E-state index in [1.807, 2.05) is 31.2 Å². The van der Waals surface area contributed by atoms with Crippen molar-refractivity contribution in [1.82, 2.24) is 0 Å². The molecule has 4 atom stereocenters. The standard InChI is InChI=1S/C26H27NO2/c1-2-29-26(28)20-9-5-18(6-10-20)3-4-19-7-13-23(14-8-19)27-16-24-21-11-12-22(15-21)25(24)17-27/h3-14,21-22,24-25H,2,15-17H2,1H3/b4-3+. The molecule has 148 valence electrons. The van der Waals surface area contributed by atoms with E-state index in [9.17, 15) is 4.79 Å². The van der Waals surface area contributed by atoms with Crippen LogP contribution in [0.5, 0.6) is 0 Å².